The number of esters is 1. The molecule has 9 heteroatoms. The summed E-state index contributed by atoms with van der Waals surface area (Å²) >= 11 is 0. The van der Waals surface area contributed by atoms with Crippen LogP contribution in [-0.2, 0) is 33.3 Å². The van der Waals surface area contributed by atoms with Gasteiger partial charge in [-0.3, -0.25) is 4.79 Å². The smallest absolute Gasteiger partial charge is 0.416 e. The predicted molar refractivity (Wildman–Crippen MR) is 116 cm³/mol. The molecule has 1 aliphatic rings. The topological polar surface area (TPSA) is 64.6 Å². The fourth-order valence-corrected chi connectivity index (χ4v) is 3.85. The number of carbonyl (C=O) groups is 2. The van der Waals surface area contributed by atoms with Gasteiger partial charge in [0.15, 0.2) is 0 Å². The molecule has 3 rings (SSSR count). The quantitative estimate of drug-likeness (QED) is 0.440. The number of alkyl halides is 3. The van der Waals surface area contributed by atoms with Crippen LogP contribution in [0, 0.1) is 11.7 Å². The molecule has 2 aromatic rings. The van der Waals surface area contributed by atoms with Crippen molar-refractivity contribution in [3.63, 3.8) is 0 Å². The normalized spacial score (nSPS) is 19.4. The highest BCUT2D eigenvalue weighted by atomic mass is 19.4. The van der Waals surface area contributed by atoms with Crippen molar-refractivity contribution >= 4 is 12.1 Å². The van der Waals surface area contributed by atoms with Crippen LogP contribution in [0.15, 0.2) is 48.5 Å². The maximum atomic E-state index is 13.2. The highest BCUT2D eigenvalue weighted by molar-refractivity contribution is 5.77. The number of carbonyl (C=O) groups excluding carboxylic acids is 2. The summed E-state index contributed by atoms with van der Waals surface area (Å²) in [4.78, 5) is 25.1. The first-order valence-corrected chi connectivity index (χ1v) is 10.9. The Morgan fingerprint density at radius 3 is 2.21 bits per heavy atom. The molecule has 0 saturated carbocycles. The Hall–Kier alpha value is -3.10. The number of hydrogen-bond donors (Lipinski definition) is 1. The Labute approximate surface area is 195 Å². The van der Waals surface area contributed by atoms with E-state index in [4.69, 9.17) is 9.47 Å². The van der Waals surface area contributed by atoms with Gasteiger partial charge in [-0.15, -0.1) is 0 Å². The van der Waals surface area contributed by atoms with E-state index < -0.39 is 47.5 Å². The van der Waals surface area contributed by atoms with Gasteiger partial charge in [0.25, 0.3) is 0 Å². The molecule has 1 amide bonds. The standard InChI is InChI=1S/C25H27F4NO4/c1-24(2,3)34-23(32)30-21(13-16-4-8-17(9-5-16)25(27,28)29)20-14-19(33-22(20)31)12-15-6-10-18(26)11-7-15/h4-11,19-21H,12-14H2,1-3H3,(H,30,32)/t19-,20-,21+/m1/s1. The molecule has 1 saturated heterocycles. The third-order valence-corrected chi connectivity index (χ3v) is 5.40. The molecule has 5 nitrogen and oxygen atoms in total. The summed E-state index contributed by atoms with van der Waals surface area (Å²) < 4.78 is 62.7. The number of cyclic esters (lactones) is 1. The summed E-state index contributed by atoms with van der Waals surface area (Å²) in [6, 6.07) is 9.67. The van der Waals surface area contributed by atoms with E-state index in [1.807, 2.05) is 0 Å². The lowest BCUT2D eigenvalue weighted by Gasteiger charge is -2.26. The van der Waals surface area contributed by atoms with Gasteiger partial charge in [0.05, 0.1) is 11.5 Å². The van der Waals surface area contributed by atoms with E-state index in [0.717, 1.165) is 17.7 Å². The summed E-state index contributed by atoms with van der Waals surface area (Å²) in [7, 11) is 0. The summed E-state index contributed by atoms with van der Waals surface area (Å²) in [5, 5.41) is 2.70. The zero-order valence-corrected chi connectivity index (χ0v) is 19.1. The molecule has 0 radical (unpaired) electrons. The summed E-state index contributed by atoms with van der Waals surface area (Å²) in [6.45, 7) is 5.08. The number of rotatable bonds is 6. The van der Waals surface area contributed by atoms with Gasteiger partial charge in [0.2, 0.25) is 0 Å². The summed E-state index contributed by atoms with van der Waals surface area (Å²) in [5.41, 5.74) is -0.250. The second-order valence-electron chi connectivity index (χ2n) is 9.38. The van der Waals surface area contributed by atoms with Crippen molar-refractivity contribution in [1.82, 2.24) is 5.32 Å². The van der Waals surface area contributed by atoms with E-state index in [0.29, 0.717) is 12.0 Å². The SMILES string of the molecule is CC(C)(C)OC(=O)N[C@@H](Cc1ccc(C(F)(F)F)cc1)[C@H]1C[C@@H](Cc2ccc(F)cc2)OC1=O. The lowest BCUT2D eigenvalue weighted by Crippen LogP contribution is -2.45. The van der Waals surface area contributed by atoms with Crippen molar-refractivity contribution in [2.24, 2.45) is 5.92 Å². The molecule has 34 heavy (non-hydrogen) atoms. The zero-order valence-electron chi connectivity index (χ0n) is 19.1. The van der Waals surface area contributed by atoms with Crippen molar-refractivity contribution in [3.8, 4) is 0 Å². The van der Waals surface area contributed by atoms with Gasteiger partial charge >= 0.3 is 18.2 Å². The third-order valence-electron chi connectivity index (χ3n) is 5.40. The minimum absolute atomic E-state index is 0.112. The second kappa shape index (κ2) is 10.0. The van der Waals surface area contributed by atoms with Gasteiger partial charge < -0.3 is 14.8 Å². The van der Waals surface area contributed by atoms with Crippen molar-refractivity contribution in [3.05, 3.63) is 71.0 Å². The molecule has 184 valence electrons. The predicted octanol–water partition coefficient (Wildman–Crippen LogP) is 5.45. The van der Waals surface area contributed by atoms with Gasteiger partial charge in [-0.2, -0.15) is 13.2 Å². The van der Waals surface area contributed by atoms with Crippen LogP contribution in [0.2, 0.25) is 0 Å². The van der Waals surface area contributed by atoms with Crippen LogP contribution in [0.5, 0.6) is 0 Å². The maximum absolute atomic E-state index is 13.2. The molecule has 1 N–H and O–H groups in total. The zero-order chi connectivity index (χ0) is 25.1. The first-order chi connectivity index (χ1) is 15.8. The Morgan fingerprint density at radius 1 is 1.06 bits per heavy atom. The summed E-state index contributed by atoms with van der Waals surface area (Å²) in [6.07, 6.45) is -4.90. The van der Waals surface area contributed by atoms with E-state index in [1.54, 1.807) is 32.9 Å². The molecule has 1 aliphatic heterocycles. The van der Waals surface area contributed by atoms with Crippen molar-refractivity contribution in [2.75, 3.05) is 0 Å². The minimum atomic E-state index is -4.46. The Bertz CT molecular complexity index is 998. The van der Waals surface area contributed by atoms with Crippen LogP contribution in [0.3, 0.4) is 0 Å². The fraction of sp³-hybridized carbons (Fsp3) is 0.440. The highest BCUT2D eigenvalue weighted by Crippen LogP contribution is 2.31. The summed E-state index contributed by atoms with van der Waals surface area (Å²) in [5.74, 6) is -1.61. The number of amides is 1. The average Bonchev–Trinajstić information content (AvgIpc) is 3.07. The van der Waals surface area contributed by atoms with Crippen LogP contribution >= 0.6 is 0 Å². The molecular formula is C25H27F4NO4. The fourth-order valence-electron chi connectivity index (χ4n) is 3.85. The van der Waals surface area contributed by atoms with Gasteiger partial charge in [-0.1, -0.05) is 24.3 Å². The minimum Gasteiger partial charge on any atom is -0.462 e. The van der Waals surface area contributed by atoms with Crippen LogP contribution in [0.25, 0.3) is 0 Å². The van der Waals surface area contributed by atoms with Crippen LogP contribution in [0.1, 0.15) is 43.9 Å². The molecule has 0 spiro atoms. The van der Waals surface area contributed by atoms with E-state index in [2.05, 4.69) is 5.32 Å². The largest absolute Gasteiger partial charge is 0.462 e. The third kappa shape index (κ3) is 7.20. The molecule has 0 unspecified atom stereocenters. The molecule has 1 fully saturated rings. The first kappa shape index (κ1) is 25.5. The number of benzene rings is 2. The number of hydrogen-bond acceptors (Lipinski definition) is 4. The van der Waals surface area contributed by atoms with Gasteiger partial charge in [0.1, 0.15) is 17.5 Å². The Balaban J connectivity index is 1.76. The van der Waals surface area contributed by atoms with E-state index in [-0.39, 0.29) is 18.7 Å². The van der Waals surface area contributed by atoms with Gasteiger partial charge in [0, 0.05) is 12.5 Å². The molecule has 3 atom stereocenters. The average molecular weight is 481 g/mol. The Kier molecular flexibility index (Phi) is 7.53. The molecule has 0 aromatic heterocycles. The molecular weight excluding hydrogens is 454 g/mol. The first-order valence-electron chi connectivity index (χ1n) is 10.9. The van der Waals surface area contributed by atoms with Crippen molar-refractivity contribution < 1.29 is 36.6 Å². The monoisotopic (exact) mass is 481 g/mol. The number of nitrogens with one attached hydrogen (secondary N) is 1. The molecule has 0 aliphatic carbocycles. The van der Waals surface area contributed by atoms with E-state index in [1.165, 1.54) is 24.3 Å². The molecule has 0 bridgehead atoms. The van der Waals surface area contributed by atoms with Crippen LogP contribution < -0.4 is 5.32 Å². The van der Waals surface area contributed by atoms with E-state index in [9.17, 15) is 27.2 Å². The van der Waals surface area contributed by atoms with Crippen molar-refractivity contribution in [1.29, 1.82) is 0 Å². The maximum Gasteiger partial charge on any atom is 0.416 e. The van der Waals surface area contributed by atoms with E-state index >= 15 is 0 Å². The van der Waals surface area contributed by atoms with Gasteiger partial charge in [-0.25, -0.2) is 9.18 Å². The number of alkyl carbamates (subject to hydrolysis) is 1. The molecule has 2 aromatic carbocycles. The highest BCUT2D eigenvalue weighted by Gasteiger charge is 2.41. The number of halogens is 4. The molecule has 1 heterocycles. The Morgan fingerprint density at radius 2 is 1.65 bits per heavy atom. The van der Waals surface area contributed by atoms with Crippen LogP contribution in [0.4, 0.5) is 22.4 Å². The lowest BCUT2D eigenvalue weighted by molar-refractivity contribution is -0.144. The van der Waals surface area contributed by atoms with Gasteiger partial charge in [-0.05, 0) is 69.0 Å². The van der Waals surface area contributed by atoms with Crippen LogP contribution in [-0.4, -0.2) is 29.8 Å². The number of ether oxygens (including phenoxy) is 2. The van der Waals surface area contributed by atoms with Crippen molar-refractivity contribution in [2.45, 2.75) is 64.0 Å². The second-order valence-corrected chi connectivity index (χ2v) is 9.38. The lowest BCUT2D eigenvalue weighted by atomic mass is 9.89.